The summed E-state index contributed by atoms with van der Waals surface area (Å²) in [4.78, 5) is 47.6. The van der Waals surface area contributed by atoms with Crippen molar-refractivity contribution in [1.29, 1.82) is 0 Å². The topological polar surface area (TPSA) is 117 Å². The van der Waals surface area contributed by atoms with E-state index in [1.807, 2.05) is 30.3 Å². The molecule has 6 rings (SSSR count). The molecule has 1 aliphatic heterocycles. The molecule has 9 nitrogen and oxygen atoms in total. The van der Waals surface area contributed by atoms with Crippen LogP contribution in [0.1, 0.15) is 46.4 Å². The third kappa shape index (κ3) is 4.81. The number of nitrogens with zero attached hydrogens (tertiary/aromatic N) is 4. The molecule has 2 aromatic carbocycles. The van der Waals surface area contributed by atoms with Crippen molar-refractivity contribution >= 4 is 22.6 Å². The van der Waals surface area contributed by atoms with Crippen LogP contribution in [-0.2, 0) is 24.4 Å². The lowest BCUT2D eigenvalue weighted by atomic mass is 10.1. The first-order valence-electron chi connectivity index (χ1n) is 12.8. The van der Waals surface area contributed by atoms with Gasteiger partial charge < -0.3 is 9.88 Å². The highest BCUT2D eigenvalue weighted by molar-refractivity contribution is 5.95. The average molecular weight is 543 g/mol. The molecule has 0 fully saturated rings. The van der Waals surface area contributed by atoms with Crippen molar-refractivity contribution in [1.82, 2.24) is 29.6 Å². The summed E-state index contributed by atoms with van der Waals surface area (Å²) in [6.45, 7) is 0.764. The second-order valence-corrected chi connectivity index (χ2v) is 9.81. The van der Waals surface area contributed by atoms with Crippen molar-refractivity contribution in [3.05, 3.63) is 105 Å². The Morgan fingerprint density at radius 3 is 2.67 bits per heavy atom. The molecule has 1 aliphatic rings. The van der Waals surface area contributed by atoms with Crippen molar-refractivity contribution < 1.29 is 18.4 Å². The molecule has 202 valence electrons. The highest BCUT2D eigenvalue weighted by atomic mass is 19.2. The van der Waals surface area contributed by atoms with Gasteiger partial charge >= 0.3 is 0 Å². The van der Waals surface area contributed by atoms with E-state index < -0.39 is 23.0 Å². The summed E-state index contributed by atoms with van der Waals surface area (Å²) in [6, 6.07) is 13.3. The van der Waals surface area contributed by atoms with E-state index in [1.54, 1.807) is 4.90 Å². The molecule has 0 spiro atoms. The van der Waals surface area contributed by atoms with Gasteiger partial charge in [0.05, 0.1) is 37.3 Å². The van der Waals surface area contributed by atoms with Gasteiger partial charge in [-0.3, -0.25) is 24.0 Å². The van der Waals surface area contributed by atoms with E-state index in [9.17, 15) is 23.2 Å². The molecule has 40 heavy (non-hydrogen) atoms. The van der Waals surface area contributed by atoms with Crippen molar-refractivity contribution in [2.75, 3.05) is 0 Å². The molecule has 1 amide bonds. The number of benzene rings is 2. The fourth-order valence-corrected chi connectivity index (χ4v) is 5.02. The molecule has 0 unspecified atom stereocenters. The largest absolute Gasteiger partial charge is 0.353 e. The Hall–Kier alpha value is -4.93. The summed E-state index contributed by atoms with van der Waals surface area (Å²) in [6.07, 6.45) is 2.85. The van der Waals surface area contributed by atoms with Crippen molar-refractivity contribution in [2.45, 2.75) is 38.9 Å². The Morgan fingerprint density at radius 1 is 1.00 bits per heavy atom. The zero-order valence-electron chi connectivity index (χ0n) is 21.3. The number of aromatic amines is 2. The maximum absolute atomic E-state index is 13.5. The molecule has 0 radical (unpaired) electrons. The van der Waals surface area contributed by atoms with Crippen molar-refractivity contribution in [3.63, 3.8) is 0 Å². The van der Waals surface area contributed by atoms with Crippen LogP contribution >= 0.6 is 0 Å². The number of hydrogen-bond acceptors (Lipinski definition) is 5. The Kier molecular flexibility index (Phi) is 6.54. The van der Waals surface area contributed by atoms with E-state index >= 15 is 0 Å². The van der Waals surface area contributed by atoms with Gasteiger partial charge in [-0.25, -0.2) is 13.8 Å². The molecular weight excluding hydrogens is 518 g/mol. The van der Waals surface area contributed by atoms with Crippen LogP contribution in [0.3, 0.4) is 0 Å². The maximum Gasteiger partial charge on any atom is 0.264 e. The number of carbonyl (C=O) groups excluding carboxylic acids is 2. The Labute approximate surface area is 226 Å². The van der Waals surface area contributed by atoms with E-state index in [-0.39, 0.29) is 37.3 Å². The number of H-pyrrole nitrogens is 2. The second kappa shape index (κ2) is 10.3. The van der Waals surface area contributed by atoms with E-state index in [0.717, 1.165) is 45.7 Å². The number of para-hydroxylation sites is 1. The van der Waals surface area contributed by atoms with Crippen LogP contribution in [0.2, 0.25) is 0 Å². The zero-order valence-corrected chi connectivity index (χ0v) is 21.3. The minimum atomic E-state index is -1.02. The summed E-state index contributed by atoms with van der Waals surface area (Å²) in [5, 5.41) is 8.58. The van der Waals surface area contributed by atoms with E-state index in [0.29, 0.717) is 18.7 Å². The minimum absolute atomic E-state index is 0.00114. The highest BCUT2D eigenvalue weighted by Gasteiger charge is 2.29. The van der Waals surface area contributed by atoms with Gasteiger partial charge in [0.1, 0.15) is 11.3 Å². The fourth-order valence-electron chi connectivity index (χ4n) is 5.02. The summed E-state index contributed by atoms with van der Waals surface area (Å²) >= 11 is 0. The Bertz CT molecular complexity index is 1790. The lowest BCUT2D eigenvalue weighted by molar-refractivity contribution is -0.131. The van der Waals surface area contributed by atoms with Gasteiger partial charge in [-0.1, -0.05) is 24.3 Å². The Morgan fingerprint density at radius 2 is 1.85 bits per heavy atom. The number of rotatable bonds is 8. The minimum Gasteiger partial charge on any atom is -0.353 e. The van der Waals surface area contributed by atoms with Crippen LogP contribution in [0.4, 0.5) is 8.78 Å². The highest BCUT2D eigenvalue weighted by Crippen LogP contribution is 2.32. The summed E-state index contributed by atoms with van der Waals surface area (Å²) in [5.74, 6) is -2.53. The SMILES string of the molecule is O=C(CCCC(=O)N1Cc2[nH]nc(-c3cc4ccccc4[nH]3)c2C1)c1cncn(Cc2ccc(F)c(F)c2)c1=O. The first kappa shape index (κ1) is 25.4. The Balaban J connectivity index is 1.06. The van der Waals surface area contributed by atoms with Gasteiger partial charge in [0.25, 0.3) is 5.56 Å². The average Bonchev–Trinajstić information content (AvgIpc) is 3.66. The molecule has 5 aromatic rings. The number of nitrogens with one attached hydrogen (secondary N) is 2. The third-order valence-corrected chi connectivity index (χ3v) is 7.12. The van der Waals surface area contributed by atoms with Crippen molar-refractivity contribution in [2.24, 2.45) is 0 Å². The normalized spacial score (nSPS) is 12.7. The van der Waals surface area contributed by atoms with Crippen LogP contribution in [0.5, 0.6) is 0 Å². The van der Waals surface area contributed by atoms with Gasteiger partial charge in [-0.05, 0) is 36.2 Å². The predicted molar refractivity (Wildman–Crippen MR) is 142 cm³/mol. The van der Waals surface area contributed by atoms with E-state index in [2.05, 4.69) is 20.2 Å². The van der Waals surface area contributed by atoms with Crippen LogP contribution in [0, 0.1) is 11.6 Å². The smallest absolute Gasteiger partial charge is 0.264 e. The van der Waals surface area contributed by atoms with Crippen LogP contribution in [0.15, 0.2) is 65.8 Å². The van der Waals surface area contributed by atoms with Crippen LogP contribution in [0.25, 0.3) is 22.3 Å². The summed E-state index contributed by atoms with van der Waals surface area (Å²) in [5.41, 5.74) is 4.20. The van der Waals surface area contributed by atoms with Gasteiger partial charge in [0.15, 0.2) is 17.4 Å². The molecule has 0 aliphatic carbocycles. The van der Waals surface area contributed by atoms with E-state index in [1.165, 1.54) is 23.2 Å². The zero-order chi connectivity index (χ0) is 27.8. The molecule has 0 atom stereocenters. The number of aromatic nitrogens is 5. The number of halogens is 2. The third-order valence-electron chi connectivity index (χ3n) is 7.12. The number of carbonyl (C=O) groups is 2. The summed E-state index contributed by atoms with van der Waals surface area (Å²) in [7, 11) is 0. The van der Waals surface area contributed by atoms with Crippen LogP contribution < -0.4 is 5.56 Å². The molecule has 11 heteroatoms. The molecule has 2 N–H and O–H groups in total. The van der Waals surface area contributed by atoms with Gasteiger partial charge in [0.2, 0.25) is 5.91 Å². The first-order chi connectivity index (χ1) is 19.4. The van der Waals surface area contributed by atoms with Gasteiger partial charge in [-0.2, -0.15) is 5.10 Å². The molecule has 3 aromatic heterocycles. The first-order valence-corrected chi connectivity index (χ1v) is 12.8. The number of hydrogen-bond donors (Lipinski definition) is 2. The second-order valence-electron chi connectivity index (χ2n) is 9.81. The number of Topliss-reactive ketones (excluding diaryl/α,β-unsaturated/α-hetero) is 1. The molecule has 4 heterocycles. The predicted octanol–water partition coefficient (Wildman–Crippen LogP) is 4.34. The molecule has 0 bridgehead atoms. The lowest BCUT2D eigenvalue weighted by Crippen LogP contribution is -2.28. The van der Waals surface area contributed by atoms with Crippen LogP contribution in [-0.4, -0.2) is 41.3 Å². The monoisotopic (exact) mass is 542 g/mol. The standard InChI is InChI=1S/C29H24F2N6O3/c30-21-9-8-17(10-22(21)31)13-37-16-32-12-19(29(37)40)26(38)6-3-7-27(39)36-14-20-25(15-36)34-35-28(20)24-11-18-4-1-2-5-23(18)33-24/h1-2,4-5,8-12,16,33H,3,6-7,13-15H2,(H,34,35). The molecular formula is C29H24F2N6O3. The van der Waals surface area contributed by atoms with Gasteiger partial charge in [-0.15, -0.1) is 0 Å². The molecule has 0 saturated heterocycles. The fraction of sp³-hybridized carbons (Fsp3) is 0.207. The van der Waals surface area contributed by atoms with Gasteiger partial charge in [0, 0.05) is 35.5 Å². The number of fused-ring (bicyclic) bond motifs is 2. The number of amides is 1. The molecule has 0 saturated carbocycles. The number of ketones is 1. The quantitative estimate of drug-likeness (QED) is 0.283. The van der Waals surface area contributed by atoms with E-state index in [4.69, 9.17) is 0 Å². The summed E-state index contributed by atoms with van der Waals surface area (Å²) < 4.78 is 27.9. The lowest BCUT2D eigenvalue weighted by Gasteiger charge is -2.15. The van der Waals surface area contributed by atoms with Crippen molar-refractivity contribution in [3.8, 4) is 11.4 Å². The maximum atomic E-state index is 13.5.